The maximum absolute atomic E-state index is 13.0. The highest BCUT2D eigenvalue weighted by atomic mass is 16.1. The van der Waals surface area contributed by atoms with Crippen molar-refractivity contribution in [1.82, 2.24) is 15.1 Å². The summed E-state index contributed by atoms with van der Waals surface area (Å²) in [6.45, 7) is 2.51. The second kappa shape index (κ2) is 7.37. The van der Waals surface area contributed by atoms with Gasteiger partial charge >= 0.3 is 0 Å². The molecule has 3 N–H and O–H groups in total. The predicted octanol–water partition coefficient (Wildman–Crippen LogP) is 3.31. The average Bonchev–Trinajstić information content (AvgIpc) is 3.45. The van der Waals surface area contributed by atoms with Crippen LogP contribution in [0.1, 0.15) is 28.8 Å². The third kappa shape index (κ3) is 3.78. The summed E-state index contributed by atoms with van der Waals surface area (Å²) in [5.41, 5.74) is 10.1. The average molecular weight is 360 g/mol. The van der Waals surface area contributed by atoms with Gasteiger partial charge < -0.3 is 11.1 Å². The third-order valence-electron chi connectivity index (χ3n) is 5.07. The number of hydrogen-bond donors (Lipinski definition) is 2. The van der Waals surface area contributed by atoms with E-state index in [2.05, 4.69) is 5.32 Å². The lowest BCUT2D eigenvalue weighted by atomic mass is 10.1. The van der Waals surface area contributed by atoms with Gasteiger partial charge in [-0.3, -0.25) is 4.79 Å². The van der Waals surface area contributed by atoms with E-state index < -0.39 is 0 Å². The SMILES string of the molecule is Cc1ccc(-n2cc(C(=O)NC(CN)C3CC3)c(-c3ccccc3)n2)cc1. The molecule has 0 radical (unpaired) electrons. The van der Waals surface area contributed by atoms with Crippen LogP contribution in [-0.2, 0) is 0 Å². The predicted molar refractivity (Wildman–Crippen MR) is 107 cm³/mol. The minimum Gasteiger partial charge on any atom is -0.348 e. The van der Waals surface area contributed by atoms with Gasteiger partial charge in [0.05, 0.1) is 11.3 Å². The highest BCUT2D eigenvalue weighted by molar-refractivity contribution is 6.00. The Bertz CT molecular complexity index is 927. The molecule has 4 rings (SSSR count). The molecule has 5 nitrogen and oxygen atoms in total. The van der Waals surface area contributed by atoms with E-state index in [0.717, 1.165) is 24.1 Å². The fraction of sp³-hybridized carbons (Fsp3) is 0.273. The Morgan fingerprint density at radius 2 is 1.89 bits per heavy atom. The number of aromatic nitrogens is 2. The van der Waals surface area contributed by atoms with Crippen LogP contribution in [-0.4, -0.2) is 28.3 Å². The molecule has 2 aromatic carbocycles. The molecule has 1 saturated carbocycles. The van der Waals surface area contributed by atoms with Crippen LogP contribution in [0.2, 0.25) is 0 Å². The Labute approximate surface area is 159 Å². The number of hydrogen-bond acceptors (Lipinski definition) is 3. The second-order valence-corrected chi connectivity index (χ2v) is 7.19. The van der Waals surface area contributed by atoms with Gasteiger partial charge in [-0.1, -0.05) is 48.0 Å². The summed E-state index contributed by atoms with van der Waals surface area (Å²) in [5.74, 6) is 0.390. The maximum Gasteiger partial charge on any atom is 0.255 e. The zero-order valence-electron chi connectivity index (χ0n) is 15.4. The van der Waals surface area contributed by atoms with E-state index in [9.17, 15) is 4.79 Å². The van der Waals surface area contributed by atoms with Crippen LogP contribution in [0.15, 0.2) is 60.8 Å². The van der Waals surface area contributed by atoms with E-state index >= 15 is 0 Å². The Kier molecular flexibility index (Phi) is 4.77. The fourth-order valence-corrected chi connectivity index (χ4v) is 3.29. The lowest BCUT2D eigenvalue weighted by Crippen LogP contribution is -2.41. The van der Waals surface area contributed by atoms with Crippen LogP contribution in [0.25, 0.3) is 16.9 Å². The van der Waals surface area contributed by atoms with Gasteiger partial charge in [0.15, 0.2) is 0 Å². The zero-order valence-corrected chi connectivity index (χ0v) is 15.4. The van der Waals surface area contributed by atoms with Crippen LogP contribution in [0.4, 0.5) is 0 Å². The number of nitrogens with one attached hydrogen (secondary N) is 1. The Morgan fingerprint density at radius 1 is 1.19 bits per heavy atom. The molecule has 1 fully saturated rings. The smallest absolute Gasteiger partial charge is 0.255 e. The van der Waals surface area contributed by atoms with Crippen molar-refractivity contribution in [1.29, 1.82) is 0 Å². The van der Waals surface area contributed by atoms with Crippen molar-refractivity contribution in [2.24, 2.45) is 11.7 Å². The maximum atomic E-state index is 13.0. The number of carbonyl (C=O) groups excluding carboxylic acids is 1. The second-order valence-electron chi connectivity index (χ2n) is 7.19. The monoisotopic (exact) mass is 360 g/mol. The van der Waals surface area contributed by atoms with Crippen LogP contribution in [0, 0.1) is 12.8 Å². The molecule has 0 spiro atoms. The largest absolute Gasteiger partial charge is 0.348 e. The van der Waals surface area contributed by atoms with Gasteiger partial charge in [0.25, 0.3) is 5.91 Å². The summed E-state index contributed by atoms with van der Waals surface area (Å²) in [5, 5.41) is 7.83. The fourth-order valence-electron chi connectivity index (χ4n) is 3.29. The Balaban J connectivity index is 1.71. The Morgan fingerprint density at radius 3 is 2.52 bits per heavy atom. The molecule has 1 aromatic heterocycles. The van der Waals surface area contributed by atoms with Gasteiger partial charge in [0, 0.05) is 24.3 Å². The molecule has 1 aliphatic carbocycles. The first kappa shape index (κ1) is 17.5. The molecule has 0 saturated heterocycles. The molecule has 138 valence electrons. The van der Waals surface area contributed by atoms with Crippen LogP contribution < -0.4 is 11.1 Å². The first-order valence-electron chi connectivity index (χ1n) is 9.39. The number of rotatable bonds is 6. The molecule has 3 aromatic rings. The quantitative estimate of drug-likeness (QED) is 0.708. The van der Waals surface area contributed by atoms with Gasteiger partial charge in [-0.05, 0) is 37.8 Å². The van der Waals surface area contributed by atoms with Crippen molar-refractivity contribution >= 4 is 5.91 Å². The summed E-state index contributed by atoms with van der Waals surface area (Å²) < 4.78 is 1.77. The lowest BCUT2D eigenvalue weighted by Gasteiger charge is -2.15. The van der Waals surface area contributed by atoms with E-state index in [4.69, 9.17) is 10.8 Å². The third-order valence-corrected chi connectivity index (χ3v) is 5.07. The number of benzene rings is 2. The number of carbonyl (C=O) groups is 1. The minimum absolute atomic E-state index is 0.0313. The highest BCUT2D eigenvalue weighted by Crippen LogP contribution is 2.32. The number of nitrogens with zero attached hydrogens (tertiary/aromatic N) is 2. The molecule has 1 aliphatic rings. The van der Waals surface area contributed by atoms with E-state index in [1.807, 2.05) is 67.7 Å². The number of nitrogens with two attached hydrogens (primary N) is 1. The zero-order chi connectivity index (χ0) is 18.8. The lowest BCUT2D eigenvalue weighted by molar-refractivity contribution is 0.0934. The normalized spacial score (nSPS) is 14.7. The van der Waals surface area contributed by atoms with Crippen molar-refractivity contribution in [3.8, 4) is 16.9 Å². The number of aryl methyl sites for hydroxylation is 1. The van der Waals surface area contributed by atoms with Crippen LogP contribution >= 0.6 is 0 Å². The molecule has 1 atom stereocenters. The van der Waals surface area contributed by atoms with E-state index in [1.165, 1.54) is 5.56 Å². The van der Waals surface area contributed by atoms with E-state index in [1.54, 1.807) is 4.68 Å². The Hall–Kier alpha value is -2.92. The number of amides is 1. The van der Waals surface area contributed by atoms with Crippen molar-refractivity contribution in [3.05, 3.63) is 71.9 Å². The molecule has 27 heavy (non-hydrogen) atoms. The minimum atomic E-state index is -0.116. The van der Waals surface area contributed by atoms with Crippen molar-refractivity contribution in [2.75, 3.05) is 6.54 Å². The molecule has 1 unspecified atom stereocenters. The standard InChI is InChI=1S/C22H24N4O/c1-15-7-11-18(12-8-15)26-14-19(21(25-26)17-5-3-2-4-6-17)22(27)24-20(13-23)16-9-10-16/h2-8,11-12,14,16,20H,9-10,13,23H2,1H3,(H,24,27). The first-order chi connectivity index (χ1) is 13.2. The molecule has 1 heterocycles. The van der Waals surface area contributed by atoms with Crippen molar-refractivity contribution in [2.45, 2.75) is 25.8 Å². The van der Waals surface area contributed by atoms with Gasteiger partial charge in [-0.2, -0.15) is 5.10 Å². The highest BCUT2D eigenvalue weighted by Gasteiger charge is 2.32. The molecular weight excluding hydrogens is 336 g/mol. The van der Waals surface area contributed by atoms with Gasteiger partial charge in [-0.25, -0.2) is 4.68 Å². The topological polar surface area (TPSA) is 72.9 Å². The summed E-state index contributed by atoms with van der Waals surface area (Å²) in [4.78, 5) is 13.0. The van der Waals surface area contributed by atoms with Crippen molar-refractivity contribution < 1.29 is 4.79 Å². The van der Waals surface area contributed by atoms with Crippen molar-refractivity contribution in [3.63, 3.8) is 0 Å². The molecule has 0 bridgehead atoms. The van der Waals surface area contributed by atoms with Gasteiger partial charge in [-0.15, -0.1) is 0 Å². The van der Waals surface area contributed by atoms with Crippen LogP contribution in [0.5, 0.6) is 0 Å². The first-order valence-corrected chi connectivity index (χ1v) is 9.39. The van der Waals surface area contributed by atoms with E-state index in [-0.39, 0.29) is 11.9 Å². The molecular formula is C22H24N4O. The summed E-state index contributed by atoms with van der Waals surface area (Å²) in [7, 11) is 0. The van der Waals surface area contributed by atoms with E-state index in [0.29, 0.717) is 23.7 Å². The molecule has 1 amide bonds. The summed E-state index contributed by atoms with van der Waals surface area (Å²) >= 11 is 0. The summed E-state index contributed by atoms with van der Waals surface area (Å²) in [6, 6.07) is 17.9. The van der Waals surface area contributed by atoms with Gasteiger partial charge in [0.1, 0.15) is 5.69 Å². The summed E-state index contributed by atoms with van der Waals surface area (Å²) in [6.07, 6.45) is 4.08. The van der Waals surface area contributed by atoms with Crippen LogP contribution in [0.3, 0.4) is 0 Å². The molecule has 5 heteroatoms. The van der Waals surface area contributed by atoms with Gasteiger partial charge in [0.2, 0.25) is 0 Å². The molecule has 0 aliphatic heterocycles.